The number of nitrogens with zero attached hydrogens (tertiary/aromatic N) is 1. The first-order valence-corrected chi connectivity index (χ1v) is 7.94. The third-order valence-electron chi connectivity index (χ3n) is 5.25. The van der Waals surface area contributed by atoms with Crippen LogP contribution in [0, 0.1) is 5.92 Å². The summed E-state index contributed by atoms with van der Waals surface area (Å²) in [7, 11) is 0. The maximum absolute atomic E-state index is 3.72. The van der Waals surface area contributed by atoms with Gasteiger partial charge in [-0.25, -0.2) is 0 Å². The van der Waals surface area contributed by atoms with Crippen molar-refractivity contribution >= 4 is 0 Å². The van der Waals surface area contributed by atoms with Gasteiger partial charge in [0.05, 0.1) is 0 Å². The fourth-order valence-electron chi connectivity index (χ4n) is 3.68. The van der Waals surface area contributed by atoms with E-state index in [4.69, 9.17) is 0 Å². The minimum absolute atomic E-state index is 0.847. The van der Waals surface area contributed by atoms with Gasteiger partial charge in [0.2, 0.25) is 0 Å². The van der Waals surface area contributed by atoms with Crippen LogP contribution in [0.2, 0.25) is 0 Å². The lowest BCUT2D eigenvalue weighted by molar-refractivity contribution is 0.0509. The molecular weight excluding hydrogens is 232 g/mol. The molecule has 0 aromatic heterocycles. The molecule has 2 heteroatoms. The van der Waals surface area contributed by atoms with Gasteiger partial charge >= 0.3 is 0 Å². The van der Waals surface area contributed by atoms with Gasteiger partial charge in [0.1, 0.15) is 0 Å². The molecule has 102 valence electrons. The lowest BCUT2D eigenvalue weighted by atomic mass is 9.77. The third kappa shape index (κ3) is 2.44. The van der Waals surface area contributed by atoms with E-state index in [0.29, 0.717) is 0 Å². The minimum Gasteiger partial charge on any atom is -0.314 e. The molecule has 19 heavy (non-hydrogen) atoms. The molecule has 0 spiro atoms. The second-order valence-electron chi connectivity index (χ2n) is 6.58. The molecule has 4 rings (SSSR count). The predicted molar refractivity (Wildman–Crippen MR) is 78.1 cm³/mol. The highest BCUT2D eigenvalue weighted by Gasteiger charge is 2.37. The minimum atomic E-state index is 0.847. The summed E-state index contributed by atoms with van der Waals surface area (Å²) < 4.78 is 0. The quantitative estimate of drug-likeness (QED) is 0.891. The van der Waals surface area contributed by atoms with Gasteiger partial charge in [0, 0.05) is 25.2 Å². The molecule has 2 aliphatic carbocycles. The summed E-state index contributed by atoms with van der Waals surface area (Å²) in [6.45, 7) is 3.70. The summed E-state index contributed by atoms with van der Waals surface area (Å²) in [5, 5.41) is 3.72. The SMILES string of the molecule is c1ccc2c(c1)CCN(C1CCC1CNC1CC1)C2. The van der Waals surface area contributed by atoms with Crippen molar-refractivity contribution in [3.63, 3.8) is 0 Å². The number of benzene rings is 1. The molecule has 1 aromatic rings. The third-order valence-corrected chi connectivity index (χ3v) is 5.25. The van der Waals surface area contributed by atoms with Gasteiger partial charge in [-0.2, -0.15) is 0 Å². The van der Waals surface area contributed by atoms with E-state index in [-0.39, 0.29) is 0 Å². The highest BCUT2D eigenvalue weighted by Crippen LogP contribution is 2.35. The van der Waals surface area contributed by atoms with Crippen molar-refractivity contribution in [3.8, 4) is 0 Å². The van der Waals surface area contributed by atoms with Gasteiger partial charge in [-0.15, -0.1) is 0 Å². The van der Waals surface area contributed by atoms with Gasteiger partial charge in [-0.1, -0.05) is 24.3 Å². The Labute approximate surface area is 116 Å². The molecule has 0 radical (unpaired) electrons. The molecule has 2 fully saturated rings. The van der Waals surface area contributed by atoms with Crippen LogP contribution < -0.4 is 5.32 Å². The summed E-state index contributed by atoms with van der Waals surface area (Å²) >= 11 is 0. The van der Waals surface area contributed by atoms with Crippen molar-refractivity contribution in [1.29, 1.82) is 0 Å². The summed E-state index contributed by atoms with van der Waals surface area (Å²) in [6.07, 6.45) is 6.92. The maximum atomic E-state index is 3.72. The fraction of sp³-hybridized carbons (Fsp3) is 0.647. The summed E-state index contributed by atoms with van der Waals surface area (Å²) in [5.41, 5.74) is 3.14. The molecule has 1 aromatic carbocycles. The van der Waals surface area contributed by atoms with Crippen molar-refractivity contribution in [2.75, 3.05) is 13.1 Å². The predicted octanol–water partition coefficient (Wildman–Crippen LogP) is 2.58. The van der Waals surface area contributed by atoms with Crippen LogP contribution >= 0.6 is 0 Å². The molecule has 2 nitrogen and oxygen atoms in total. The smallest absolute Gasteiger partial charge is 0.0239 e. The number of fused-ring (bicyclic) bond motifs is 1. The molecular formula is C17H24N2. The van der Waals surface area contributed by atoms with E-state index in [9.17, 15) is 0 Å². The largest absolute Gasteiger partial charge is 0.314 e. The molecule has 1 heterocycles. The Hall–Kier alpha value is -0.860. The number of hydrogen-bond donors (Lipinski definition) is 1. The van der Waals surface area contributed by atoms with E-state index in [2.05, 4.69) is 34.5 Å². The second-order valence-corrected chi connectivity index (χ2v) is 6.58. The lowest BCUT2D eigenvalue weighted by Gasteiger charge is -2.46. The first-order chi connectivity index (χ1) is 9.40. The summed E-state index contributed by atoms with van der Waals surface area (Å²) in [4.78, 5) is 2.74. The average molecular weight is 256 g/mol. The molecule has 1 N–H and O–H groups in total. The van der Waals surface area contributed by atoms with E-state index in [1.165, 1.54) is 51.7 Å². The number of nitrogens with one attached hydrogen (secondary N) is 1. The molecule has 1 aliphatic heterocycles. The zero-order valence-corrected chi connectivity index (χ0v) is 11.6. The van der Waals surface area contributed by atoms with Crippen LogP contribution in [0.3, 0.4) is 0 Å². The Balaban J connectivity index is 1.37. The molecule has 2 atom stereocenters. The van der Waals surface area contributed by atoms with Crippen molar-refractivity contribution in [2.24, 2.45) is 5.92 Å². The number of rotatable bonds is 4. The fourth-order valence-corrected chi connectivity index (χ4v) is 3.68. The monoisotopic (exact) mass is 256 g/mol. The second kappa shape index (κ2) is 4.92. The van der Waals surface area contributed by atoms with Crippen LogP contribution in [0.4, 0.5) is 0 Å². The highest BCUT2D eigenvalue weighted by molar-refractivity contribution is 5.29. The topological polar surface area (TPSA) is 15.3 Å². The Bertz CT molecular complexity index is 452. The van der Waals surface area contributed by atoms with Crippen LogP contribution in [-0.2, 0) is 13.0 Å². The van der Waals surface area contributed by atoms with Crippen LogP contribution in [-0.4, -0.2) is 30.1 Å². The van der Waals surface area contributed by atoms with E-state index in [1.54, 1.807) is 11.1 Å². The Morgan fingerprint density at radius 2 is 1.89 bits per heavy atom. The zero-order valence-electron chi connectivity index (χ0n) is 11.6. The number of hydrogen-bond acceptors (Lipinski definition) is 2. The molecule has 0 bridgehead atoms. The zero-order chi connectivity index (χ0) is 12.7. The first-order valence-electron chi connectivity index (χ1n) is 7.94. The average Bonchev–Trinajstić information content (AvgIpc) is 3.22. The van der Waals surface area contributed by atoms with E-state index in [0.717, 1.165) is 18.0 Å². The van der Waals surface area contributed by atoms with Gasteiger partial charge in [0.25, 0.3) is 0 Å². The van der Waals surface area contributed by atoms with Crippen LogP contribution in [0.25, 0.3) is 0 Å². The van der Waals surface area contributed by atoms with Crippen molar-refractivity contribution < 1.29 is 0 Å². The normalized spacial score (nSPS) is 30.7. The standard InChI is InChI=1S/C17H24N2/c1-2-4-15-12-19(10-9-13(15)3-1)17-8-5-14(17)11-18-16-6-7-16/h1-4,14,16-18H,5-12H2. The molecule has 2 saturated carbocycles. The Kier molecular flexibility index (Phi) is 3.08. The maximum Gasteiger partial charge on any atom is 0.0239 e. The van der Waals surface area contributed by atoms with E-state index < -0.39 is 0 Å². The van der Waals surface area contributed by atoms with Gasteiger partial charge < -0.3 is 5.32 Å². The van der Waals surface area contributed by atoms with Gasteiger partial charge in [-0.05, 0) is 55.7 Å². The highest BCUT2D eigenvalue weighted by atomic mass is 15.2. The van der Waals surface area contributed by atoms with E-state index >= 15 is 0 Å². The van der Waals surface area contributed by atoms with Gasteiger partial charge in [-0.3, -0.25) is 4.90 Å². The van der Waals surface area contributed by atoms with Gasteiger partial charge in [0.15, 0.2) is 0 Å². The molecule has 3 aliphatic rings. The first kappa shape index (κ1) is 11.9. The Morgan fingerprint density at radius 1 is 1.05 bits per heavy atom. The van der Waals surface area contributed by atoms with Crippen molar-refractivity contribution in [1.82, 2.24) is 10.2 Å². The van der Waals surface area contributed by atoms with Crippen molar-refractivity contribution in [2.45, 2.75) is 50.7 Å². The molecule has 0 saturated heterocycles. The van der Waals surface area contributed by atoms with E-state index in [1.807, 2.05) is 0 Å². The summed E-state index contributed by atoms with van der Waals surface area (Å²) in [6, 6.07) is 10.7. The van der Waals surface area contributed by atoms with Crippen LogP contribution in [0.1, 0.15) is 36.8 Å². The Morgan fingerprint density at radius 3 is 2.63 bits per heavy atom. The lowest BCUT2D eigenvalue weighted by Crippen LogP contribution is -2.52. The van der Waals surface area contributed by atoms with Crippen LogP contribution in [0.15, 0.2) is 24.3 Å². The van der Waals surface area contributed by atoms with Crippen LogP contribution in [0.5, 0.6) is 0 Å². The molecule has 0 amide bonds. The molecule has 2 unspecified atom stereocenters. The summed E-state index contributed by atoms with van der Waals surface area (Å²) in [5.74, 6) is 0.908. The van der Waals surface area contributed by atoms with Crippen molar-refractivity contribution in [3.05, 3.63) is 35.4 Å².